The second-order valence-electron chi connectivity index (χ2n) is 8.23. The van der Waals surface area contributed by atoms with Gasteiger partial charge in [0.15, 0.2) is 11.5 Å². The average molecular weight is 514 g/mol. The number of nitrogens with one attached hydrogen (secondary N) is 1. The van der Waals surface area contributed by atoms with Crippen molar-refractivity contribution < 1.29 is 36.2 Å². The minimum atomic E-state index is -0.807. The average Bonchev–Trinajstić information content (AvgIpc) is 3.21. The molecule has 0 bridgehead atoms. The second kappa shape index (κ2) is 11.1. The number of para-hydroxylation sites is 2. The zero-order valence-corrected chi connectivity index (χ0v) is 20.9. The number of carbonyl (C=O) groups excluding carboxylic acids is 2. The number of anilines is 1. The first-order valence-electron chi connectivity index (χ1n) is 11.4. The summed E-state index contributed by atoms with van der Waals surface area (Å²) in [5.41, 5.74) is 2.68. The van der Waals surface area contributed by atoms with Crippen molar-refractivity contribution in [3.8, 4) is 11.5 Å². The molecule has 0 fully saturated rings. The van der Waals surface area contributed by atoms with Crippen molar-refractivity contribution in [1.82, 2.24) is 4.90 Å². The number of rotatable bonds is 6. The van der Waals surface area contributed by atoms with Gasteiger partial charge in [-0.3, -0.25) is 9.69 Å². The van der Waals surface area contributed by atoms with Crippen molar-refractivity contribution >= 4 is 28.2 Å². The molecule has 1 amide bonds. The van der Waals surface area contributed by atoms with Gasteiger partial charge in [-0.05, 0) is 36.6 Å². The number of amides is 1. The number of halogens is 1. The first kappa shape index (κ1) is 25.0. The normalized spacial score (nSPS) is 16.5. The summed E-state index contributed by atoms with van der Waals surface area (Å²) in [6.07, 6.45) is -0.0855. The lowest BCUT2D eigenvalue weighted by molar-refractivity contribution is -0.125. The van der Waals surface area contributed by atoms with E-state index in [-0.39, 0.29) is 31.5 Å². The Morgan fingerprint density at radius 1 is 1.11 bits per heavy atom. The molecule has 0 saturated carbocycles. The molecule has 0 spiro atoms. The molecule has 1 N–H and O–H groups in total. The van der Waals surface area contributed by atoms with Crippen LogP contribution in [0.5, 0.6) is 11.5 Å². The quantitative estimate of drug-likeness (QED) is 0.500. The van der Waals surface area contributed by atoms with Crippen LogP contribution in [0.1, 0.15) is 33.3 Å². The molecular weight excluding hydrogens is 488 g/mol. The van der Waals surface area contributed by atoms with Crippen molar-refractivity contribution in [1.29, 1.82) is 0 Å². The fourth-order valence-electron chi connectivity index (χ4n) is 4.28. The van der Waals surface area contributed by atoms with Gasteiger partial charge in [0.2, 0.25) is 6.10 Å². The molecule has 1 unspecified atom stereocenters. The van der Waals surface area contributed by atoms with Gasteiger partial charge in [0.05, 0.1) is 12.2 Å². The number of benzene rings is 2. The molecule has 5 rings (SSSR count). The molecule has 184 valence electrons. The van der Waals surface area contributed by atoms with Crippen molar-refractivity contribution in [2.24, 2.45) is 0 Å². The molecule has 1 atom stereocenters. The predicted octanol–water partition coefficient (Wildman–Crippen LogP) is 1.27. The molecule has 1 aromatic heterocycles. The highest BCUT2D eigenvalue weighted by Crippen LogP contribution is 2.38. The Morgan fingerprint density at radius 2 is 1.86 bits per heavy atom. The van der Waals surface area contributed by atoms with E-state index in [2.05, 4.69) is 22.3 Å². The maximum atomic E-state index is 13.1. The van der Waals surface area contributed by atoms with Gasteiger partial charge in [-0.25, -0.2) is 4.79 Å². The lowest BCUT2D eigenvalue weighted by Gasteiger charge is -2.27. The van der Waals surface area contributed by atoms with E-state index in [1.165, 1.54) is 16.9 Å². The summed E-state index contributed by atoms with van der Waals surface area (Å²) in [5.74, 6) is 0.392. The van der Waals surface area contributed by atoms with Gasteiger partial charge in [-0.2, -0.15) is 0 Å². The van der Waals surface area contributed by atoms with Crippen LogP contribution in [-0.4, -0.2) is 42.6 Å². The van der Waals surface area contributed by atoms with Gasteiger partial charge < -0.3 is 31.9 Å². The van der Waals surface area contributed by atoms with Crippen LogP contribution in [0, 0.1) is 0 Å². The Hall–Kier alpha value is -3.07. The van der Waals surface area contributed by atoms with Crippen molar-refractivity contribution in [2.75, 3.05) is 25.1 Å². The number of nitrogens with zero attached hydrogens (tertiary/aromatic N) is 1. The molecule has 2 aliphatic heterocycles. The summed E-state index contributed by atoms with van der Waals surface area (Å²) in [7, 11) is 0. The standard InChI is InChI=1S/C26H26N2O5S.ClH/c1-2-31-26(30)23-18-12-13-28(14-17-8-4-3-5-9-17)15-22(18)34-25(23)27-24(29)21-16-32-19-10-6-7-11-20(19)33-21;/h3-11,21H,2,12-16H2,1H3,(H,27,29);1H/p-1. The third-order valence-electron chi connectivity index (χ3n) is 5.90. The third kappa shape index (κ3) is 5.45. The number of esters is 1. The Balaban J connectivity index is 0.00000289. The van der Waals surface area contributed by atoms with Crippen LogP contribution in [0.3, 0.4) is 0 Å². The minimum Gasteiger partial charge on any atom is -1.00 e. The topological polar surface area (TPSA) is 77.1 Å². The summed E-state index contributed by atoms with van der Waals surface area (Å²) < 4.78 is 16.9. The van der Waals surface area contributed by atoms with Crippen LogP contribution in [-0.2, 0) is 29.0 Å². The molecule has 7 nitrogen and oxygen atoms in total. The smallest absolute Gasteiger partial charge is 0.341 e. The third-order valence-corrected chi connectivity index (χ3v) is 7.03. The summed E-state index contributed by atoms with van der Waals surface area (Å²) in [6, 6.07) is 17.6. The van der Waals surface area contributed by atoms with Crippen molar-refractivity contribution in [3.63, 3.8) is 0 Å². The zero-order valence-electron chi connectivity index (χ0n) is 19.3. The van der Waals surface area contributed by atoms with Crippen LogP contribution in [0.25, 0.3) is 0 Å². The lowest BCUT2D eigenvalue weighted by atomic mass is 10.0. The number of fused-ring (bicyclic) bond motifs is 2. The highest BCUT2D eigenvalue weighted by atomic mass is 35.5. The molecule has 0 saturated heterocycles. The number of hydrogen-bond acceptors (Lipinski definition) is 7. The molecule has 2 aliphatic rings. The SMILES string of the molecule is CCOC(=O)c1c(NC(=O)C2COc3ccccc3O2)sc2c1CCN(Cc1ccccc1)C2.[Cl-]. The highest BCUT2D eigenvalue weighted by Gasteiger charge is 2.32. The number of ether oxygens (including phenoxy) is 3. The Labute approximate surface area is 214 Å². The van der Waals surface area contributed by atoms with Crippen LogP contribution < -0.4 is 27.2 Å². The van der Waals surface area contributed by atoms with E-state index in [1.54, 1.807) is 19.1 Å². The molecule has 35 heavy (non-hydrogen) atoms. The van der Waals surface area contributed by atoms with Crippen LogP contribution in [0.4, 0.5) is 5.00 Å². The number of thiophene rings is 1. The minimum absolute atomic E-state index is 0. The van der Waals surface area contributed by atoms with Crippen molar-refractivity contribution in [3.05, 3.63) is 76.2 Å². The fraction of sp³-hybridized carbons (Fsp3) is 0.308. The van der Waals surface area contributed by atoms with Crippen LogP contribution in [0.15, 0.2) is 54.6 Å². The highest BCUT2D eigenvalue weighted by molar-refractivity contribution is 7.17. The van der Waals surface area contributed by atoms with E-state index in [0.717, 1.165) is 30.0 Å². The number of carbonyl (C=O) groups is 2. The zero-order chi connectivity index (χ0) is 23.5. The van der Waals surface area contributed by atoms with E-state index < -0.39 is 12.1 Å². The molecule has 3 aromatic rings. The summed E-state index contributed by atoms with van der Waals surface area (Å²) in [6.45, 7) is 4.53. The van der Waals surface area contributed by atoms with Crippen LogP contribution in [0.2, 0.25) is 0 Å². The van der Waals surface area contributed by atoms with Gasteiger partial charge in [0, 0.05) is 24.5 Å². The number of hydrogen-bond donors (Lipinski definition) is 1. The fourth-order valence-corrected chi connectivity index (χ4v) is 5.56. The van der Waals surface area contributed by atoms with E-state index in [1.807, 2.05) is 30.3 Å². The molecule has 9 heteroatoms. The van der Waals surface area contributed by atoms with E-state index in [9.17, 15) is 9.59 Å². The van der Waals surface area contributed by atoms with Gasteiger partial charge in [0.25, 0.3) is 5.91 Å². The van der Waals surface area contributed by atoms with Crippen LogP contribution >= 0.6 is 11.3 Å². The maximum absolute atomic E-state index is 13.1. The Bertz CT molecular complexity index is 1200. The summed E-state index contributed by atoms with van der Waals surface area (Å²) in [4.78, 5) is 29.3. The lowest BCUT2D eigenvalue weighted by Crippen LogP contribution is -3.00. The van der Waals surface area contributed by atoms with E-state index >= 15 is 0 Å². The first-order chi connectivity index (χ1) is 16.6. The summed E-state index contributed by atoms with van der Waals surface area (Å²) in [5, 5.41) is 3.44. The maximum Gasteiger partial charge on any atom is 0.341 e. The molecule has 2 aromatic carbocycles. The predicted molar refractivity (Wildman–Crippen MR) is 130 cm³/mol. The largest absolute Gasteiger partial charge is 1.00 e. The molecule has 3 heterocycles. The van der Waals surface area contributed by atoms with Crippen molar-refractivity contribution in [2.45, 2.75) is 32.5 Å². The molecule has 0 aliphatic carbocycles. The van der Waals surface area contributed by atoms with Gasteiger partial charge >= 0.3 is 5.97 Å². The summed E-state index contributed by atoms with van der Waals surface area (Å²) >= 11 is 1.44. The van der Waals surface area contributed by atoms with Gasteiger partial charge in [-0.1, -0.05) is 42.5 Å². The monoisotopic (exact) mass is 513 g/mol. The second-order valence-corrected chi connectivity index (χ2v) is 9.33. The Kier molecular flexibility index (Phi) is 7.95. The van der Waals surface area contributed by atoms with E-state index in [4.69, 9.17) is 14.2 Å². The molecule has 0 radical (unpaired) electrons. The molecular formula is C26H26ClN2O5S-. The first-order valence-corrected chi connectivity index (χ1v) is 12.2. The Morgan fingerprint density at radius 3 is 2.63 bits per heavy atom. The van der Waals surface area contributed by atoms with Gasteiger partial charge in [0.1, 0.15) is 11.6 Å². The van der Waals surface area contributed by atoms with Gasteiger partial charge in [-0.15, -0.1) is 11.3 Å². The van der Waals surface area contributed by atoms with E-state index in [0.29, 0.717) is 28.6 Å².